The van der Waals surface area contributed by atoms with Gasteiger partial charge in [-0.1, -0.05) is 66.8 Å². The van der Waals surface area contributed by atoms with Gasteiger partial charge in [0, 0.05) is 7.92 Å². The Balaban J connectivity index is 2.26. The van der Waals surface area contributed by atoms with Crippen molar-refractivity contribution in [1.29, 1.82) is 0 Å². The van der Waals surface area contributed by atoms with Crippen molar-refractivity contribution < 1.29 is 0 Å². The van der Waals surface area contributed by atoms with E-state index in [1.54, 1.807) is 0 Å². The van der Waals surface area contributed by atoms with Crippen LogP contribution in [0.15, 0.2) is 105 Å². The Hall–Kier alpha value is -3.22. The standard InChI is InChI=1S/C29H31N2P/c1-5-10-22-16-23(11-6-2)19-26(18-22)32(29-15-9-14-28(30)31-29)27-20-24(12-7-3)17-25(21-27)13-8-4/h5-9,14-21H,1-4,10-13H2,(H2,30,31). The second kappa shape index (κ2) is 11.4. The van der Waals surface area contributed by atoms with Crippen LogP contribution in [0.1, 0.15) is 22.3 Å². The highest BCUT2D eigenvalue weighted by Gasteiger charge is 2.20. The third-order valence-electron chi connectivity index (χ3n) is 5.10. The van der Waals surface area contributed by atoms with Crippen LogP contribution in [0.2, 0.25) is 0 Å². The van der Waals surface area contributed by atoms with Crippen LogP contribution in [0, 0.1) is 0 Å². The fraction of sp³-hybridized carbons (Fsp3) is 0.138. The molecule has 0 bridgehead atoms. The fourth-order valence-electron chi connectivity index (χ4n) is 3.86. The molecule has 32 heavy (non-hydrogen) atoms. The number of hydrogen-bond acceptors (Lipinski definition) is 2. The van der Waals surface area contributed by atoms with E-state index in [9.17, 15) is 0 Å². The summed E-state index contributed by atoms with van der Waals surface area (Å²) in [7, 11) is -0.898. The van der Waals surface area contributed by atoms with Crippen LogP contribution >= 0.6 is 7.92 Å². The zero-order chi connectivity index (χ0) is 22.9. The van der Waals surface area contributed by atoms with Crippen molar-refractivity contribution in [3.63, 3.8) is 0 Å². The molecule has 0 spiro atoms. The third kappa shape index (κ3) is 5.93. The minimum Gasteiger partial charge on any atom is -0.384 e. The van der Waals surface area contributed by atoms with Crippen LogP contribution in [-0.2, 0) is 25.7 Å². The first kappa shape index (κ1) is 23.4. The van der Waals surface area contributed by atoms with Crippen molar-refractivity contribution in [3.05, 3.63) is 127 Å². The van der Waals surface area contributed by atoms with Crippen LogP contribution in [0.3, 0.4) is 0 Å². The molecule has 0 radical (unpaired) electrons. The molecule has 0 fully saturated rings. The molecule has 0 amide bonds. The van der Waals surface area contributed by atoms with Gasteiger partial charge in [0.25, 0.3) is 0 Å². The lowest BCUT2D eigenvalue weighted by atomic mass is 10.1. The molecular weight excluding hydrogens is 407 g/mol. The molecule has 162 valence electrons. The maximum Gasteiger partial charge on any atom is 0.124 e. The molecule has 0 aliphatic carbocycles. The van der Waals surface area contributed by atoms with Crippen LogP contribution < -0.4 is 21.8 Å². The van der Waals surface area contributed by atoms with E-state index in [2.05, 4.69) is 68.8 Å². The molecule has 1 heterocycles. The molecule has 2 nitrogen and oxygen atoms in total. The van der Waals surface area contributed by atoms with Gasteiger partial charge in [-0.25, -0.2) is 4.98 Å². The predicted molar refractivity (Wildman–Crippen MR) is 143 cm³/mol. The quantitative estimate of drug-likeness (QED) is 0.324. The van der Waals surface area contributed by atoms with E-state index in [1.165, 1.54) is 32.9 Å². The molecule has 0 saturated heterocycles. The van der Waals surface area contributed by atoms with Crippen molar-refractivity contribution in [2.24, 2.45) is 0 Å². The first-order chi connectivity index (χ1) is 15.6. The number of pyridine rings is 1. The highest BCUT2D eigenvalue weighted by molar-refractivity contribution is 7.79. The van der Waals surface area contributed by atoms with E-state index in [0.717, 1.165) is 31.1 Å². The molecule has 0 atom stereocenters. The SMILES string of the molecule is C=CCc1cc(CC=C)cc(P(c2cc(CC=C)cc(CC=C)c2)c2cccc(N)n2)c1. The number of nitrogens with two attached hydrogens (primary N) is 1. The average molecular weight is 439 g/mol. The van der Waals surface area contributed by atoms with Gasteiger partial charge in [0.05, 0.1) is 5.44 Å². The molecule has 0 saturated carbocycles. The van der Waals surface area contributed by atoms with Crippen LogP contribution in [-0.4, -0.2) is 4.98 Å². The van der Waals surface area contributed by atoms with Crippen LogP contribution in [0.25, 0.3) is 0 Å². The Kier molecular flexibility index (Phi) is 8.36. The monoisotopic (exact) mass is 438 g/mol. The average Bonchev–Trinajstić information content (AvgIpc) is 2.75. The Morgan fingerprint density at radius 3 is 1.41 bits per heavy atom. The summed E-state index contributed by atoms with van der Waals surface area (Å²) in [5, 5.41) is 2.52. The molecule has 3 rings (SSSR count). The van der Waals surface area contributed by atoms with E-state index in [4.69, 9.17) is 10.7 Å². The van der Waals surface area contributed by atoms with Gasteiger partial charge in [-0.05, 0) is 70.7 Å². The topological polar surface area (TPSA) is 38.9 Å². The molecule has 0 aliphatic rings. The fourth-order valence-corrected chi connectivity index (χ4v) is 6.32. The van der Waals surface area contributed by atoms with Gasteiger partial charge < -0.3 is 5.73 Å². The van der Waals surface area contributed by atoms with E-state index in [0.29, 0.717) is 5.82 Å². The minimum absolute atomic E-state index is 0.539. The summed E-state index contributed by atoms with van der Waals surface area (Å²) in [5.41, 5.74) is 12.1. The van der Waals surface area contributed by atoms with Crippen molar-refractivity contribution in [1.82, 2.24) is 4.98 Å². The Morgan fingerprint density at radius 1 is 0.656 bits per heavy atom. The predicted octanol–water partition coefficient (Wildman–Crippen LogP) is 5.34. The highest BCUT2D eigenvalue weighted by Crippen LogP contribution is 2.34. The summed E-state index contributed by atoms with van der Waals surface area (Å²) in [6.07, 6.45) is 11.1. The first-order valence-corrected chi connectivity index (χ1v) is 12.1. The molecule has 3 heteroatoms. The first-order valence-electron chi connectivity index (χ1n) is 10.8. The Bertz CT molecular complexity index is 1010. The van der Waals surface area contributed by atoms with Gasteiger partial charge >= 0.3 is 0 Å². The number of rotatable bonds is 11. The van der Waals surface area contributed by atoms with Crippen LogP contribution in [0.4, 0.5) is 5.82 Å². The lowest BCUT2D eigenvalue weighted by molar-refractivity contribution is 1.21. The third-order valence-corrected chi connectivity index (χ3v) is 7.35. The van der Waals surface area contributed by atoms with Gasteiger partial charge in [0.15, 0.2) is 0 Å². The molecule has 2 aromatic carbocycles. The van der Waals surface area contributed by atoms with Crippen LogP contribution in [0.5, 0.6) is 0 Å². The summed E-state index contributed by atoms with van der Waals surface area (Å²) < 4.78 is 0. The lowest BCUT2D eigenvalue weighted by Gasteiger charge is -2.22. The molecule has 0 unspecified atom stereocenters. The number of anilines is 1. The second-order valence-electron chi connectivity index (χ2n) is 7.74. The van der Waals surface area contributed by atoms with Crippen molar-refractivity contribution in [3.8, 4) is 0 Å². The minimum atomic E-state index is -0.898. The summed E-state index contributed by atoms with van der Waals surface area (Å²) >= 11 is 0. The number of nitrogens with zero attached hydrogens (tertiary/aromatic N) is 1. The van der Waals surface area contributed by atoms with Gasteiger partial charge in [-0.15, -0.1) is 26.3 Å². The number of allylic oxidation sites excluding steroid dienone is 4. The van der Waals surface area contributed by atoms with Crippen molar-refractivity contribution >= 4 is 29.8 Å². The van der Waals surface area contributed by atoms with E-state index >= 15 is 0 Å². The number of aromatic nitrogens is 1. The van der Waals surface area contributed by atoms with E-state index in [1.807, 2.05) is 36.4 Å². The van der Waals surface area contributed by atoms with Crippen molar-refractivity contribution in [2.45, 2.75) is 25.7 Å². The number of hydrogen-bond donors (Lipinski definition) is 1. The zero-order valence-corrected chi connectivity index (χ0v) is 19.5. The van der Waals surface area contributed by atoms with Gasteiger partial charge in [0.2, 0.25) is 0 Å². The maximum atomic E-state index is 6.11. The molecule has 1 aromatic heterocycles. The molecule has 2 N–H and O–H groups in total. The smallest absolute Gasteiger partial charge is 0.124 e. The summed E-state index contributed by atoms with van der Waals surface area (Å²) in [4.78, 5) is 4.75. The summed E-state index contributed by atoms with van der Waals surface area (Å²) in [6.45, 7) is 15.7. The van der Waals surface area contributed by atoms with Gasteiger partial charge in [0.1, 0.15) is 5.82 Å². The maximum absolute atomic E-state index is 6.11. The summed E-state index contributed by atoms with van der Waals surface area (Å²) in [5.74, 6) is 0.539. The lowest BCUT2D eigenvalue weighted by Crippen LogP contribution is -2.25. The molecule has 3 aromatic rings. The Morgan fingerprint density at radius 2 is 1.06 bits per heavy atom. The van der Waals surface area contributed by atoms with Crippen molar-refractivity contribution in [2.75, 3.05) is 5.73 Å². The number of nitrogen functional groups attached to an aromatic ring is 1. The van der Waals surface area contributed by atoms with Gasteiger partial charge in [-0.3, -0.25) is 0 Å². The summed E-state index contributed by atoms with van der Waals surface area (Å²) in [6, 6.07) is 19.6. The van der Waals surface area contributed by atoms with E-state index < -0.39 is 7.92 Å². The Labute approximate surface area is 193 Å². The largest absolute Gasteiger partial charge is 0.384 e. The second-order valence-corrected chi connectivity index (χ2v) is 9.90. The normalized spacial score (nSPS) is 10.7. The highest BCUT2D eigenvalue weighted by atomic mass is 31.1. The molecular formula is C29H31N2P. The molecule has 0 aliphatic heterocycles. The number of benzene rings is 2. The zero-order valence-electron chi connectivity index (χ0n) is 18.6. The van der Waals surface area contributed by atoms with Gasteiger partial charge in [-0.2, -0.15) is 0 Å². The van der Waals surface area contributed by atoms with E-state index in [-0.39, 0.29) is 0 Å².